The smallest absolute Gasteiger partial charge is 0.303 e. The number of fused-ring (bicyclic) bond motifs is 1. The molecule has 2 heterocycles. The van der Waals surface area contributed by atoms with E-state index in [-0.39, 0.29) is 23.9 Å². The molecule has 0 saturated carbocycles. The number of hydrogen-bond acceptors (Lipinski definition) is 5. The fourth-order valence-corrected chi connectivity index (χ4v) is 6.18. The second-order valence-electron chi connectivity index (χ2n) is 11.2. The number of nitrogens with one attached hydrogen (secondary N) is 3. The van der Waals surface area contributed by atoms with Crippen molar-refractivity contribution in [1.82, 2.24) is 9.88 Å². The molecule has 1 aliphatic heterocycles. The molecule has 8 nitrogen and oxygen atoms in total. The van der Waals surface area contributed by atoms with Crippen LogP contribution in [0, 0.1) is 5.41 Å². The molecule has 0 spiro atoms. The van der Waals surface area contributed by atoms with Gasteiger partial charge in [-0.05, 0) is 74.9 Å². The van der Waals surface area contributed by atoms with Crippen LogP contribution in [0.2, 0.25) is 0 Å². The number of hydrogen-bond donors (Lipinski definition) is 5. The summed E-state index contributed by atoms with van der Waals surface area (Å²) >= 11 is 0. The number of aliphatic carboxylic acids is 1. The Kier molecular flexibility index (Phi) is 9.63. The highest BCUT2D eigenvalue weighted by atomic mass is 16.4. The third kappa shape index (κ3) is 6.73. The zero-order chi connectivity index (χ0) is 28.8. The summed E-state index contributed by atoms with van der Waals surface area (Å²) < 4.78 is 0. The number of rotatable bonds is 12. The molecule has 1 aliphatic rings. The van der Waals surface area contributed by atoms with Crippen LogP contribution in [0.5, 0.6) is 0 Å². The van der Waals surface area contributed by atoms with Crippen molar-refractivity contribution in [3.8, 4) is 11.1 Å². The number of amidine groups is 1. The van der Waals surface area contributed by atoms with Gasteiger partial charge in [0.05, 0.1) is 5.52 Å². The van der Waals surface area contributed by atoms with Crippen LogP contribution in [-0.4, -0.2) is 45.4 Å². The lowest BCUT2D eigenvalue weighted by Crippen LogP contribution is -2.46. The van der Waals surface area contributed by atoms with Crippen LogP contribution >= 0.6 is 0 Å². The molecule has 8 heteroatoms. The number of nitrogens with two attached hydrogens (primary N) is 1. The van der Waals surface area contributed by atoms with Crippen LogP contribution in [0.1, 0.15) is 89.3 Å². The molecule has 40 heavy (non-hydrogen) atoms. The van der Waals surface area contributed by atoms with Gasteiger partial charge < -0.3 is 21.1 Å². The summed E-state index contributed by atoms with van der Waals surface area (Å²) in [6, 6.07) is 14.5. The first-order valence-electron chi connectivity index (χ1n) is 14.6. The molecule has 1 fully saturated rings. The number of likely N-dealkylation sites (tertiary alicyclic amines) is 1. The lowest BCUT2D eigenvalue weighted by atomic mass is 9.88. The molecule has 1 aromatic heterocycles. The molecule has 0 amide bonds. The molecule has 3 unspecified atom stereocenters. The number of unbranched alkanes of at least 4 members (excludes halogenated alkanes) is 1. The van der Waals surface area contributed by atoms with Crippen molar-refractivity contribution in [2.45, 2.75) is 90.3 Å². The Hall–Kier alpha value is -3.65. The van der Waals surface area contributed by atoms with Crippen LogP contribution in [0.3, 0.4) is 0 Å². The predicted molar refractivity (Wildman–Crippen MR) is 163 cm³/mol. The molecular formula is C32H43N5O3. The summed E-state index contributed by atoms with van der Waals surface area (Å²) in [6.45, 7) is 7.40. The van der Waals surface area contributed by atoms with Crippen molar-refractivity contribution in [3.63, 3.8) is 0 Å². The number of benzene rings is 2. The van der Waals surface area contributed by atoms with Crippen molar-refractivity contribution in [2.75, 3.05) is 11.9 Å². The first-order valence-corrected chi connectivity index (χ1v) is 14.6. The van der Waals surface area contributed by atoms with Crippen molar-refractivity contribution in [2.24, 2.45) is 5.73 Å². The van der Waals surface area contributed by atoms with Gasteiger partial charge in [-0.1, -0.05) is 44.4 Å². The number of anilines is 1. The van der Waals surface area contributed by atoms with E-state index in [1.54, 1.807) is 12.1 Å². The largest absolute Gasteiger partial charge is 0.481 e. The molecule has 1 saturated heterocycles. The minimum absolute atomic E-state index is 0.0360. The van der Waals surface area contributed by atoms with E-state index < -0.39 is 5.97 Å². The maximum atomic E-state index is 13.4. The molecule has 3 atom stereocenters. The highest BCUT2D eigenvalue weighted by Crippen LogP contribution is 2.40. The van der Waals surface area contributed by atoms with Gasteiger partial charge in [-0.2, -0.15) is 0 Å². The Morgan fingerprint density at radius 2 is 1.93 bits per heavy atom. The van der Waals surface area contributed by atoms with Crippen molar-refractivity contribution in [1.29, 1.82) is 5.41 Å². The number of carbonyl (C=O) groups is 1. The number of nitrogens with zero attached hydrogens (tertiary/aromatic N) is 1. The van der Waals surface area contributed by atoms with Gasteiger partial charge in [0.25, 0.3) is 5.56 Å². The van der Waals surface area contributed by atoms with E-state index >= 15 is 0 Å². The van der Waals surface area contributed by atoms with Gasteiger partial charge in [0.1, 0.15) is 5.84 Å². The molecule has 0 aliphatic carbocycles. The van der Waals surface area contributed by atoms with Gasteiger partial charge in [0.15, 0.2) is 0 Å². The predicted octanol–water partition coefficient (Wildman–Crippen LogP) is 6.25. The molecule has 214 valence electrons. The number of aromatic nitrogens is 1. The van der Waals surface area contributed by atoms with Gasteiger partial charge in [-0.25, -0.2) is 0 Å². The maximum absolute atomic E-state index is 13.4. The lowest BCUT2D eigenvalue weighted by molar-refractivity contribution is -0.137. The van der Waals surface area contributed by atoms with Crippen molar-refractivity contribution >= 4 is 28.4 Å². The summed E-state index contributed by atoms with van der Waals surface area (Å²) in [5.41, 5.74) is 10.2. The fraction of sp³-hybridized carbons (Fsp3) is 0.469. The Balaban J connectivity index is 1.88. The monoisotopic (exact) mass is 545 g/mol. The summed E-state index contributed by atoms with van der Waals surface area (Å²) in [4.78, 5) is 30.2. The van der Waals surface area contributed by atoms with Crippen LogP contribution in [0.15, 0.2) is 47.3 Å². The van der Waals surface area contributed by atoms with Crippen LogP contribution in [-0.2, 0) is 4.79 Å². The van der Waals surface area contributed by atoms with E-state index in [0.29, 0.717) is 36.2 Å². The van der Waals surface area contributed by atoms with Crippen molar-refractivity contribution < 1.29 is 9.90 Å². The third-order valence-electron chi connectivity index (χ3n) is 8.19. The number of pyridine rings is 1. The zero-order valence-corrected chi connectivity index (χ0v) is 23.9. The fourth-order valence-electron chi connectivity index (χ4n) is 6.18. The number of nitrogen functional groups attached to an aromatic ring is 1. The minimum atomic E-state index is -0.806. The van der Waals surface area contributed by atoms with E-state index in [9.17, 15) is 9.59 Å². The molecule has 4 rings (SSSR count). The summed E-state index contributed by atoms with van der Waals surface area (Å²) in [6.07, 6.45) is 7.38. The molecule has 3 aromatic rings. The van der Waals surface area contributed by atoms with Crippen LogP contribution < -0.4 is 16.6 Å². The highest BCUT2D eigenvalue weighted by molar-refractivity contribution is 5.96. The average molecular weight is 546 g/mol. The standard InChI is InChI=1S/C32H43N5O3/c1-4-5-13-29(37-20(2)9-6-10-21(37)3)27-17-24(35-15-8-14-30(38)39)18-28-26(27)19-25(32(40)36-28)22-11-7-12-23(16-22)31(33)34/h7,11-12,16-21,29,35H,4-6,8-10,13-15H2,1-3H3,(H3,33,34)(H,36,40)(H,38,39). The molecule has 2 aromatic carbocycles. The van der Waals surface area contributed by atoms with E-state index in [1.807, 2.05) is 24.3 Å². The Morgan fingerprint density at radius 3 is 2.60 bits per heavy atom. The Bertz CT molecular complexity index is 1410. The first kappa shape index (κ1) is 29.3. The Morgan fingerprint density at radius 1 is 1.18 bits per heavy atom. The molecule has 0 bridgehead atoms. The second-order valence-corrected chi connectivity index (χ2v) is 11.2. The molecule has 6 N–H and O–H groups in total. The van der Waals surface area contributed by atoms with Gasteiger partial charge in [-0.15, -0.1) is 0 Å². The van der Waals surface area contributed by atoms with Crippen LogP contribution in [0.4, 0.5) is 5.69 Å². The van der Waals surface area contributed by atoms with E-state index in [2.05, 4.69) is 42.0 Å². The normalized spacial score (nSPS) is 18.5. The topological polar surface area (TPSA) is 135 Å². The summed E-state index contributed by atoms with van der Waals surface area (Å²) in [5.74, 6) is -0.842. The van der Waals surface area contributed by atoms with E-state index in [4.69, 9.17) is 16.2 Å². The number of carboxylic acids is 1. The minimum Gasteiger partial charge on any atom is -0.481 e. The highest BCUT2D eigenvalue weighted by Gasteiger charge is 2.33. The first-order chi connectivity index (χ1) is 19.2. The van der Waals surface area contributed by atoms with Gasteiger partial charge in [-0.3, -0.25) is 19.9 Å². The van der Waals surface area contributed by atoms with Crippen molar-refractivity contribution in [3.05, 3.63) is 63.9 Å². The Labute approximate surface area is 236 Å². The number of aromatic amines is 1. The lowest BCUT2D eigenvalue weighted by Gasteiger charge is -2.45. The quantitative estimate of drug-likeness (QED) is 0.104. The van der Waals surface area contributed by atoms with Gasteiger partial charge >= 0.3 is 5.97 Å². The second kappa shape index (κ2) is 13.1. The van der Waals surface area contributed by atoms with Gasteiger partial charge in [0, 0.05) is 53.3 Å². The number of piperidine rings is 1. The third-order valence-corrected chi connectivity index (χ3v) is 8.19. The van der Waals surface area contributed by atoms with E-state index in [0.717, 1.165) is 54.3 Å². The zero-order valence-electron chi connectivity index (χ0n) is 23.9. The molecule has 0 radical (unpaired) electrons. The van der Waals surface area contributed by atoms with E-state index in [1.165, 1.54) is 12.0 Å². The molecular weight excluding hydrogens is 502 g/mol. The average Bonchev–Trinajstić information content (AvgIpc) is 2.92. The maximum Gasteiger partial charge on any atom is 0.303 e. The summed E-state index contributed by atoms with van der Waals surface area (Å²) in [5, 5.41) is 21.3. The van der Waals surface area contributed by atoms with Gasteiger partial charge in [0.2, 0.25) is 0 Å². The van der Waals surface area contributed by atoms with Crippen LogP contribution in [0.25, 0.3) is 22.0 Å². The number of carboxylic acid groups (broad SMARTS) is 1. The SMILES string of the molecule is CCCCC(c1cc(NCCCC(=O)O)cc2[nH]c(=O)c(-c3cccc(C(=N)N)c3)cc12)N1C(C)CCCC1C. The number of H-pyrrole nitrogens is 1. The summed E-state index contributed by atoms with van der Waals surface area (Å²) in [7, 11) is 0.